The smallest absolute Gasteiger partial charge is 0.298 e. The van der Waals surface area contributed by atoms with E-state index in [9.17, 15) is 21.9 Å². The number of benzene rings is 2. The van der Waals surface area contributed by atoms with Gasteiger partial charge in [-0.2, -0.15) is 16.8 Å². The highest BCUT2D eigenvalue weighted by Crippen LogP contribution is 2.26. The summed E-state index contributed by atoms with van der Waals surface area (Å²) in [6, 6.07) is 6.91. The van der Waals surface area contributed by atoms with Gasteiger partial charge in [-0.3, -0.25) is 8.37 Å². The molecule has 2 rings (SSSR count). The zero-order valence-electron chi connectivity index (χ0n) is 21.3. The van der Waals surface area contributed by atoms with Gasteiger partial charge in [0.25, 0.3) is 20.2 Å². The molecule has 0 fully saturated rings. The summed E-state index contributed by atoms with van der Waals surface area (Å²) in [5.74, 6) is 0. The topological polar surface area (TPSA) is 127 Å². The van der Waals surface area contributed by atoms with Crippen molar-refractivity contribution in [3.63, 3.8) is 0 Å². The lowest BCUT2D eigenvalue weighted by Gasteiger charge is -2.20. The summed E-state index contributed by atoms with van der Waals surface area (Å²) in [6.07, 6.45) is 2.08. The molecule has 0 amide bonds. The normalized spacial score (nSPS) is 14.6. The number of hydrogen-bond acceptors (Lipinski definition) is 8. The van der Waals surface area contributed by atoms with Crippen molar-refractivity contribution >= 4 is 20.2 Å². The monoisotopic (exact) mass is 538 g/mol. The van der Waals surface area contributed by atoms with Gasteiger partial charge < -0.3 is 10.2 Å². The molecule has 8 nitrogen and oxygen atoms in total. The Balaban J connectivity index is 2.29. The first kappa shape index (κ1) is 29.9. The average Bonchev–Trinajstić information content (AvgIpc) is 2.72. The molecule has 0 saturated heterocycles. The van der Waals surface area contributed by atoms with Crippen LogP contribution < -0.4 is 0 Å². The third-order valence-corrected chi connectivity index (χ3v) is 8.58. The van der Waals surface area contributed by atoms with Crippen molar-refractivity contribution in [2.45, 2.75) is 63.5 Å². The molecule has 2 aromatic carbocycles. The number of aryl methyl sites for hydroxylation is 6. The lowest BCUT2D eigenvalue weighted by atomic mass is 10.1. The Morgan fingerprint density at radius 1 is 0.750 bits per heavy atom. The molecular weight excluding hydrogens is 504 g/mol. The molecule has 0 spiro atoms. The molecule has 0 saturated carbocycles. The van der Waals surface area contributed by atoms with Gasteiger partial charge in [0, 0.05) is 0 Å². The van der Waals surface area contributed by atoms with Crippen molar-refractivity contribution in [3.8, 4) is 0 Å². The Hall–Kier alpha value is -2.34. The molecule has 198 valence electrons. The average molecular weight is 539 g/mol. The molecular formula is C26H34O8S2. The third kappa shape index (κ3) is 7.58. The Bertz CT molecular complexity index is 1310. The van der Waals surface area contributed by atoms with Crippen molar-refractivity contribution in [2.24, 2.45) is 0 Å². The summed E-state index contributed by atoms with van der Waals surface area (Å²) in [5, 5.41) is 19.5. The van der Waals surface area contributed by atoms with E-state index in [-0.39, 0.29) is 16.4 Å². The molecule has 0 heterocycles. The van der Waals surface area contributed by atoms with Crippen LogP contribution >= 0.6 is 0 Å². The van der Waals surface area contributed by atoms with Crippen LogP contribution in [-0.4, -0.2) is 52.5 Å². The summed E-state index contributed by atoms with van der Waals surface area (Å²) in [6.45, 7) is 9.60. The molecule has 0 aliphatic heterocycles. The molecule has 2 unspecified atom stereocenters. The van der Waals surface area contributed by atoms with Crippen LogP contribution in [0.4, 0.5) is 0 Å². The van der Waals surface area contributed by atoms with Crippen molar-refractivity contribution in [1.82, 2.24) is 0 Å². The first-order valence-electron chi connectivity index (χ1n) is 11.3. The highest BCUT2D eigenvalue weighted by Gasteiger charge is 2.28. The predicted octanol–water partition coefficient (Wildman–Crippen LogP) is 3.48. The minimum Gasteiger partial charge on any atom is -0.392 e. The van der Waals surface area contributed by atoms with Crippen molar-refractivity contribution in [2.75, 3.05) is 13.2 Å². The van der Waals surface area contributed by atoms with E-state index in [2.05, 4.69) is 0 Å². The van der Waals surface area contributed by atoms with Crippen LogP contribution in [0, 0.1) is 41.5 Å². The van der Waals surface area contributed by atoms with Crippen LogP contribution in [0.1, 0.15) is 33.4 Å². The Morgan fingerprint density at radius 3 is 1.64 bits per heavy atom. The molecule has 36 heavy (non-hydrogen) atoms. The van der Waals surface area contributed by atoms with Gasteiger partial charge in [0.1, 0.15) is 12.2 Å². The van der Waals surface area contributed by atoms with E-state index in [0.717, 1.165) is 11.1 Å². The largest absolute Gasteiger partial charge is 0.392 e. The highest BCUT2D eigenvalue weighted by molar-refractivity contribution is 7.87. The molecule has 0 aliphatic rings. The van der Waals surface area contributed by atoms with Crippen LogP contribution in [0.15, 0.2) is 58.4 Å². The van der Waals surface area contributed by atoms with Gasteiger partial charge in [-0.1, -0.05) is 59.7 Å². The van der Waals surface area contributed by atoms with E-state index in [1.807, 2.05) is 13.8 Å². The first-order valence-corrected chi connectivity index (χ1v) is 14.1. The van der Waals surface area contributed by atoms with Gasteiger partial charge in [-0.05, 0) is 63.8 Å². The van der Waals surface area contributed by atoms with Crippen LogP contribution in [0.25, 0.3) is 0 Å². The number of hydrogen-bond donors (Lipinski definition) is 2. The summed E-state index contributed by atoms with van der Waals surface area (Å²) in [4.78, 5) is 0.0714. The maximum absolute atomic E-state index is 13.1. The number of aliphatic hydroxyl groups is 2. The Morgan fingerprint density at radius 2 is 1.19 bits per heavy atom. The second-order valence-corrected chi connectivity index (χ2v) is 11.8. The molecule has 0 aliphatic carbocycles. The fraction of sp³-hybridized carbons (Fsp3) is 0.385. The van der Waals surface area contributed by atoms with Crippen LogP contribution in [-0.2, 0) is 28.6 Å². The first-order chi connectivity index (χ1) is 16.7. The zero-order valence-corrected chi connectivity index (χ0v) is 23.0. The van der Waals surface area contributed by atoms with E-state index < -0.39 is 39.1 Å². The van der Waals surface area contributed by atoms with Gasteiger partial charge in [0.15, 0.2) is 0 Å². The summed E-state index contributed by atoms with van der Waals surface area (Å²) in [7, 11) is -8.38. The zero-order chi connectivity index (χ0) is 27.3. The maximum atomic E-state index is 13.1. The van der Waals surface area contributed by atoms with Gasteiger partial charge in [0.2, 0.25) is 0 Å². The minimum absolute atomic E-state index is 0.00557. The lowest BCUT2D eigenvalue weighted by Crippen LogP contribution is -2.29. The fourth-order valence-corrected chi connectivity index (χ4v) is 6.96. The van der Waals surface area contributed by atoms with Gasteiger partial charge in [0.05, 0.1) is 23.0 Å². The Labute approximate surface area is 214 Å². The molecule has 0 radical (unpaired) electrons. The van der Waals surface area contributed by atoms with Crippen molar-refractivity contribution in [1.29, 1.82) is 0 Å². The highest BCUT2D eigenvalue weighted by atomic mass is 32.2. The van der Waals surface area contributed by atoms with Crippen LogP contribution in [0.2, 0.25) is 0 Å². The maximum Gasteiger partial charge on any atom is 0.298 e. The standard InChI is InChI=1S/C26H34O8S2/c1-17-13-19(3)25(20(4)14-17)35(29,30)33-12-8-10-24(23(28)9-7-11-27)34-36(31,32)26-21(5)15-18(2)16-22(26)6/h7-10,13-16,23-24,27-28H,11-12H2,1-6H3. The van der Waals surface area contributed by atoms with E-state index in [1.54, 1.807) is 52.0 Å². The van der Waals surface area contributed by atoms with E-state index >= 15 is 0 Å². The van der Waals surface area contributed by atoms with Gasteiger partial charge >= 0.3 is 0 Å². The molecule has 0 bridgehead atoms. The predicted molar refractivity (Wildman–Crippen MR) is 138 cm³/mol. The molecule has 2 N–H and O–H groups in total. The number of aliphatic hydroxyl groups excluding tert-OH is 2. The van der Waals surface area contributed by atoms with E-state index in [4.69, 9.17) is 13.5 Å². The summed E-state index contributed by atoms with van der Waals surface area (Å²) < 4.78 is 62.2. The second kappa shape index (κ2) is 12.3. The van der Waals surface area contributed by atoms with Crippen molar-refractivity contribution < 1.29 is 35.4 Å². The van der Waals surface area contributed by atoms with E-state index in [1.165, 1.54) is 24.3 Å². The fourth-order valence-electron chi connectivity index (χ4n) is 4.21. The molecule has 2 atom stereocenters. The lowest BCUT2D eigenvalue weighted by molar-refractivity contribution is 0.101. The summed E-state index contributed by atoms with van der Waals surface area (Å²) >= 11 is 0. The summed E-state index contributed by atoms with van der Waals surface area (Å²) in [5.41, 5.74) is 3.91. The minimum atomic E-state index is -4.30. The van der Waals surface area contributed by atoms with Crippen LogP contribution in [0.5, 0.6) is 0 Å². The third-order valence-electron chi connectivity index (χ3n) is 5.37. The van der Waals surface area contributed by atoms with Gasteiger partial charge in [-0.25, -0.2) is 0 Å². The van der Waals surface area contributed by atoms with Crippen LogP contribution in [0.3, 0.4) is 0 Å². The van der Waals surface area contributed by atoms with Gasteiger partial charge in [-0.15, -0.1) is 0 Å². The molecule has 10 heteroatoms. The SMILES string of the molecule is Cc1cc(C)c(S(=O)(=O)OCC=CC(OS(=O)(=O)c2c(C)cc(C)cc2C)C(O)C=CCO)c(C)c1. The Kier molecular flexibility index (Phi) is 10.2. The second-order valence-electron chi connectivity index (χ2n) is 8.74. The van der Waals surface area contributed by atoms with E-state index in [0.29, 0.717) is 22.3 Å². The number of rotatable bonds is 11. The van der Waals surface area contributed by atoms with Crippen molar-refractivity contribution in [3.05, 3.63) is 82.0 Å². The molecule has 2 aromatic rings. The molecule has 0 aromatic heterocycles. The quantitative estimate of drug-likeness (QED) is 0.329.